The zero-order valence-electron chi connectivity index (χ0n) is 9.47. The van der Waals surface area contributed by atoms with Crippen LogP contribution >= 0.6 is 11.8 Å². The Morgan fingerprint density at radius 3 is 2.25 bits per heavy atom. The SMILES string of the molecule is Cc1cc(C)nc(SCc2ccccc2)n1. The van der Waals surface area contributed by atoms with Crippen LogP contribution in [0.5, 0.6) is 0 Å². The second kappa shape index (κ2) is 5.12. The maximum Gasteiger partial charge on any atom is 0.188 e. The number of benzene rings is 1. The van der Waals surface area contributed by atoms with Crippen LogP contribution in [0.3, 0.4) is 0 Å². The Hall–Kier alpha value is -1.35. The minimum atomic E-state index is 0.862. The van der Waals surface area contributed by atoms with Gasteiger partial charge in [0, 0.05) is 17.1 Å². The molecule has 1 heterocycles. The van der Waals surface area contributed by atoms with Gasteiger partial charge in [0.1, 0.15) is 0 Å². The van der Waals surface area contributed by atoms with Crippen LogP contribution in [0.2, 0.25) is 0 Å². The first-order valence-electron chi connectivity index (χ1n) is 5.23. The van der Waals surface area contributed by atoms with E-state index in [-0.39, 0.29) is 0 Å². The summed E-state index contributed by atoms with van der Waals surface area (Å²) in [5.74, 6) is 0.920. The highest BCUT2D eigenvalue weighted by molar-refractivity contribution is 7.98. The van der Waals surface area contributed by atoms with Crippen molar-refractivity contribution in [3.8, 4) is 0 Å². The fourth-order valence-electron chi connectivity index (χ4n) is 1.48. The number of rotatable bonds is 3. The Balaban J connectivity index is 2.05. The number of aryl methyl sites for hydroxylation is 2. The molecule has 0 radical (unpaired) electrons. The van der Waals surface area contributed by atoms with Gasteiger partial charge >= 0.3 is 0 Å². The van der Waals surface area contributed by atoms with Crippen molar-refractivity contribution in [1.82, 2.24) is 9.97 Å². The van der Waals surface area contributed by atoms with Gasteiger partial charge in [-0.2, -0.15) is 0 Å². The second-order valence-corrected chi connectivity index (χ2v) is 4.65. The van der Waals surface area contributed by atoms with Gasteiger partial charge in [-0.1, -0.05) is 42.1 Å². The molecule has 0 amide bonds. The molecule has 3 heteroatoms. The molecule has 0 saturated carbocycles. The summed E-state index contributed by atoms with van der Waals surface area (Å²) >= 11 is 1.68. The highest BCUT2D eigenvalue weighted by Crippen LogP contribution is 2.19. The smallest absolute Gasteiger partial charge is 0.188 e. The molecule has 1 aromatic carbocycles. The maximum atomic E-state index is 4.40. The lowest BCUT2D eigenvalue weighted by atomic mass is 10.2. The van der Waals surface area contributed by atoms with E-state index in [2.05, 4.69) is 34.2 Å². The summed E-state index contributed by atoms with van der Waals surface area (Å²) in [7, 11) is 0. The monoisotopic (exact) mass is 230 g/mol. The minimum absolute atomic E-state index is 0.862. The first-order valence-corrected chi connectivity index (χ1v) is 6.21. The van der Waals surface area contributed by atoms with Crippen molar-refractivity contribution < 1.29 is 0 Å². The predicted octanol–water partition coefficient (Wildman–Crippen LogP) is 3.39. The highest BCUT2D eigenvalue weighted by atomic mass is 32.2. The van der Waals surface area contributed by atoms with Crippen LogP contribution in [0.1, 0.15) is 17.0 Å². The molecule has 0 atom stereocenters. The van der Waals surface area contributed by atoms with Crippen molar-refractivity contribution in [1.29, 1.82) is 0 Å². The molecular weight excluding hydrogens is 216 g/mol. The number of nitrogens with zero attached hydrogens (tertiary/aromatic N) is 2. The second-order valence-electron chi connectivity index (χ2n) is 3.71. The van der Waals surface area contributed by atoms with Crippen molar-refractivity contribution in [2.24, 2.45) is 0 Å². The van der Waals surface area contributed by atoms with E-state index in [4.69, 9.17) is 0 Å². The van der Waals surface area contributed by atoms with Crippen LogP contribution in [0.25, 0.3) is 0 Å². The van der Waals surface area contributed by atoms with Crippen molar-refractivity contribution in [2.75, 3.05) is 0 Å². The van der Waals surface area contributed by atoms with Crippen molar-refractivity contribution >= 4 is 11.8 Å². The summed E-state index contributed by atoms with van der Waals surface area (Å²) in [6.45, 7) is 4.00. The molecule has 0 bridgehead atoms. The van der Waals surface area contributed by atoms with Crippen LogP contribution in [-0.4, -0.2) is 9.97 Å². The molecule has 0 aliphatic heterocycles. The van der Waals surface area contributed by atoms with E-state index in [0.29, 0.717) is 0 Å². The van der Waals surface area contributed by atoms with Gasteiger partial charge in [-0.25, -0.2) is 9.97 Å². The van der Waals surface area contributed by atoms with E-state index in [9.17, 15) is 0 Å². The Morgan fingerprint density at radius 2 is 1.62 bits per heavy atom. The average molecular weight is 230 g/mol. The predicted molar refractivity (Wildman–Crippen MR) is 67.5 cm³/mol. The van der Waals surface area contributed by atoms with Crippen molar-refractivity contribution in [2.45, 2.75) is 24.8 Å². The van der Waals surface area contributed by atoms with Gasteiger partial charge in [0.05, 0.1) is 0 Å². The molecule has 0 saturated heterocycles. The molecule has 16 heavy (non-hydrogen) atoms. The number of hydrogen-bond acceptors (Lipinski definition) is 3. The summed E-state index contributed by atoms with van der Waals surface area (Å²) in [5, 5.41) is 0.862. The summed E-state index contributed by atoms with van der Waals surface area (Å²) < 4.78 is 0. The molecule has 0 aliphatic carbocycles. The fourth-order valence-corrected chi connectivity index (χ4v) is 2.39. The Bertz CT molecular complexity index is 448. The molecule has 0 unspecified atom stereocenters. The molecule has 0 spiro atoms. The normalized spacial score (nSPS) is 10.4. The molecule has 1 aromatic heterocycles. The molecule has 0 N–H and O–H groups in total. The van der Waals surface area contributed by atoms with E-state index in [1.807, 2.05) is 26.0 Å². The third-order valence-corrected chi connectivity index (χ3v) is 3.09. The van der Waals surface area contributed by atoms with Gasteiger partial charge < -0.3 is 0 Å². The lowest BCUT2D eigenvalue weighted by molar-refractivity contribution is 0.902. The first-order chi connectivity index (χ1) is 7.74. The maximum absolute atomic E-state index is 4.40. The van der Waals surface area contributed by atoms with Gasteiger partial charge in [-0.15, -0.1) is 0 Å². The van der Waals surface area contributed by atoms with E-state index in [0.717, 1.165) is 22.3 Å². The molecular formula is C13H14N2S. The van der Waals surface area contributed by atoms with Gasteiger partial charge in [0.15, 0.2) is 5.16 Å². The average Bonchev–Trinajstić information content (AvgIpc) is 2.27. The Labute approximate surface area is 100 Å². The summed E-state index contributed by atoms with van der Waals surface area (Å²) in [4.78, 5) is 8.80. The van der Waals surface area contributed by atoms with E-state index in [1.54, 1.807) is 11.8 Å². The zero-order valence-corrected chi connectivity index (χ0v) is 10.3. The van der Waals surface area contributed by atoms with E-state index in [1.165, 1.54) is 5.56 Å². The molecule has 0 aliphatic rings. The standard InChI is InChI=1S/C13H14N2S/c1-10-8-11(2)15-13(14-10)16-9-12-6-4-3-5-7-12/h3-8H,9H2,1-2H3. The van der Waals surface area contributed by atoms with Crippen LogP contribution < -0.4 is 0 Å². The van der Waals surface area contributed by atoms with Gasteiger partial charge in [-0.05, 0) is 25.5 Å². The minimum Gasteiger partial charge on any atom is -0.228 e. The van der Waals surface area contributed by atoms with Crippen LogP contribution in [0, 0.1) is 13.8 Å². The fraction of sp³-hybridized carbons (Fsp3) is 0.231. The largest absolute Gasteiger partial charge is 0.228 e. The third kappa shape index (κ3) is 3.07. The van der Waals surface area contributed by atoms with Crippen LogP contribution in [-0.2, 0) is 5.75 Å². The quantitative estimate of drug-likeness (QED) is 0.597. The van der Waals surface area contributed by atoms with E-state index < -0.39 is 0 Å². The number of aromatic nitrogens is 2. The molecule has 0 fully saturated rings. The van der Waals surface area contributed by atoms with Gasteiger partial charge in [0.25, 0.3) is 0 Å². The van der Waals surface area contributed by atoms with Gasteiger partial charge in [-0.3, -0.25) is 0 Å². The van der Waals surface area contributed by atoms with Gasteiger partial charge in [0.2, 0.25) is 0 Å². The third-order valence-electron chi connectivity index (χ3n) is 2.17. The Kier molecular flexibility index (Phi) is 3.57. The lowest BCUT2D eigenvalue weighted by Gasteiger charge is -2.02. The van der Waals surface area contributed by atoms with Crippen molar-refractivity contribution in [3.63, 3.8) is 0 Å². The molecule has 2 aromatic rings. The number of hydrogen-bond donors (Lipinski definition) is 0. The Morgan fingerprint density at radius 1 is 1.00 bits per heavy atom. The number of thioether (sulfide) groups is 1. The first kappa shape index (κ1) is 11.1. The highest BCUT2D eigenvalue weighted by Gasteiger charge is 2.00. The van der Waals surface area contributed by atoms with Crippen molar-refractivity contribution in [3.05, 3.63) is 53.3 Å². The topological polar surface area (TPSA) is 25.8 Å². The van der Waals surface area contributed by atoms with Crippen LogP contribution in [0.15, 0.2) is 41.6 Å². The zero-order chi connectivity index (χ0) is 11.4. The molecule has 2 nitrogen and oxygen atoms in total. The van der Waals surface area contributed by atoms with Crippen LogP contribution in [0.4, 0.5) is 0 Å². The summed E-state index contributed by atoms with van der Waals surface area (Å²) in [6.07, 6.45) is 0. The molecule has 82 valence electrons. The lowest BCUT2D eigenvalue weighted by Crippen LogP contribution is -1.93. The summed E-state index contributed by atoms with van der Waals surface area (Å²) in [6, 6.07) is 12.4. The molecule has 2 rings (SSSR count). The van der Waals surface area contributed by atoms with E-state index >= 15 is 0 Å². The summed E-state index contributed by atoms with van der Waals surface area (Å²) in [5.41, 5.74) is 3.36.